The van der Waals surface area contributed by atoms with Crippen molar-refractivity contribution in [3.05, 3.63) is 66.0 Å². The molecule has 1 aromatic heterocycles. The van der Waals surface area contributed by atoms with Gasteiger partial charge in [0, 0.05) is 24.6 Å². The summed E-state index contributed by atoms with van der Waals surface area (Å²) in [5.41, 5.74) is 2.06. The number of nitrogens with zero attached hydrogens (tertiary/aromatic N) is 3. The molecule has 0 spiro atoms. The highest BCUT2D eigenvalue weighted by Gasteiger charge is 2.31. The number of hydrogen-bond donors (Lipinski definition) is 0. The SMILES string of the molecule is Cc1ccc(-c2nc(C3CCN(S(=O)(=O)c4ccccc4)CC3)no2)cc1. The van der Waals surface area contributed by atoms with E-state index in [-0.39, 0.29) is 5.92 Å². The van der Waals surface area contributed by atoms with Crippen LogP contribution in [-0.2, 0) is 10.0 Å². The van der Waals surface area contributed by atoms with E-state index in [0.717, 1.165) is 5.56 Å². The molecule has 0 unspecified atom stereocenters. The highest BCUT2D eigenvalue weighted by Crippen LogP contribution is 2.30. The van der Waals surface area contributed by atoms with Gasteiger partial charge in [0.05, 0.1) is 4.90 Å². The molecule has 1 fully saturated rings. The second-order valence-corrected chi connectivity index (χ2v) is 8.75. The van der Waals surface area contributed by atoms with E-state index in [1.165, 1.54) is 5.56 Å². The van der Waals surface area contributed by atoms with Crippen LogP contribution in [0.5, 0.6) is 0 Å². The molecule has 0 aliphatic carbocycles. The van der Waals surface area contributed by atoms with Gasteiger partial charge in [-0.15, -0.1) is 0 Å². The smallest absolute Gasteiger partial charge is 0.257 e. The van der Waals surface area contributed by atoms with E-state index in [9.17, 15) is 8.42 Å². The van der Waals surface area contributed by atoms with Gasteiger partial charge in [-0.2, -0.15) is 9.29 Å². The summed E-state index contributed by atoms with van der Waals surface area (Å²) in [5.74, 6) is 1.27. The zero-order chi connectivity index (χ0) is 18.9. The second kappa shape index (κ2) is 7.25. The standard InChI is InChI=1S/C20H21N3O3S/c1-15-7-9-17(10-8-15)20-21-19(22-26-20)16-11-13-23(14-12-16)27(24,25)18-5-3-2-4-6-18/h2-10,16H,11-14H2,1H3. The van der Waals surface area contributed by atoms with Gasteiger partial charge < -0.3 is 4.52 Å². The van der Waals surface area contributed by atoms with Crippen molar-refractivity contribution in [3.63, 3.8) is 0 Å². The Morgan fingerprint density at radius 3 is 2.33 bits per heavy atom. The summed E-state index contributed by atoms with van der Waals surface area (Å²) in [5, 5.41) is 4.13. The van der Waals surface area contributed by atoms with Gasteiger partial charge in [-0.05, 0) is 44.0 Å². The van der Waals surface area contributed by atoms with E-state index in [1.54, 1.807) is 28.6 Å². The van der Waals surface area contributed by atoms with Crippen LogP contribution in [0.25, 0.3) is 11.5 Å². The third-order valence-electron chi connectivity index (χ3n) is 4.94. The van der Waals surface area contributed by atoms with Crippen LogP contribution in [0.4, 0.5) is 0 Å². The summed E-state index contributed by atoms with van der Waals surface area (Å²) in [4.78, 5) is 4.87. The van der Waals surface area contributed by atoms with Crippen molar-refractivity contribution in [1.82, 2.24) is 14.4 Å². The Hall–Kier alpha value is -2.51. The first-order valence-electron chi connectivity index (χ1n) is 9.00. The molecule has 1 aliphatic rings. The normalized spacial score (nSPS) is 16.5. The minimum absolute atomic E-state index is 0.107. The van der Waals surface area contributed by atoms with Crippen molar-refractivity contribution in [2.75, 3.05) is 13.1 Å². The van der Waals surface area contributed by atoms with E-state index in [4.69, 9.17) is 4.52 Å². The molecule has 0 bridgehead atoms. The maximum Gasteiger partial charge on any atom is 0.257 e. The molecule has 1 aliphatic heterocycles. The molecule has 3 aromatic rings. The first-order valence-corrected chi connectivity index (χ1v) is 10.4. The van der Waals surface area contributed by atoms with Crippen LogP contribution in [0, 0.1) is 6.92 Å². The molecule has 2 aromatic carbocycles. The summed E-state index contributed by atoms with van der Waals surface area (Å²) < 4.78 is 32.4. The Kier molecular flexibility index (Phi) is 4.80. The maximum absolute atomic E-state index is 12.7. The summed E-state index contributed by atoms with van der Waals surface area (Å²) in [6.45, 7) is 2.94. The highest BCUT2D eigenvalue weighted by molar-refractivity contribution is 7.89. The van der Waals surface area contributed by atoms with Crippen molar-refractivity contribution in [3.8, 4) is 11.5 Å². The van der Waals surface area contributed by atoms with Gasteiger partial charge in [0.2, 0.25) is 10.0 Å². The molecule has 0 N–H and O–H groups in total. The first kappa shape index (κ1) is 17.9. The average molecular weight is 383 g/mol. The third kappa shape index (κ3) is 3.65. The van der Waals surface area contributed by atoms with E-state index >= 15 is 0 Å². The van der Waals surface area contributed by atoms with Crippen LogP contribution in [0.2, 0.25) is 0 Å². The van der Waals surface area contributed by atoms with E-state index in [0.29, 0.717) is 42.5 Å². The number of rotatable bonds is 4. The molecule has 4 rings (SSSR count). The topological polar surface area (TPSA) is 76.3 Å². The van der Waals surface area contributed by atoms with E-state index in [2.05, 4.69) is 10.1 Å². The van der Waals surface area contributed by atoms with Gasteiger partial charge in [-0.3, -0.25) is 0 Å². The molecule has 0 atom stereocenters. The van der Waals surface area contributed by atoms with Gasteiger partial charge in [0.1, 0.15) is 0 Å². The lowest BCUT2D eigenvalue weighted by atomic mass is 9.97. The van der Waals surface area contributed by atoms with Crippen LogP contribution in [-0.4, -0.2) is 36.0 Å². The molecule has 0 radical (unpaired) electrons. The number of aryl methyl sites for hydroxylation is 1. The number of benzene rings is 2. The number of aromatic nitrogens is 2. The molecule has 140 valence electrons. The fourth-order valence-corrected chi connectivity index (χ4v) is 4.80. The maximum atomic E-state index is 12.7. The zero-order valence-electron chi connectivity index (χ0n) is 15.1. The van der Waals surface area contributed by atoms with Crippen LogP contribution < -0.4 is 0 Å². The number of piperidine rings is 1. The zero-order valence-corrected chi connectivity index (χ0v) is 15.9. The molecule has 27 heavy (non-hydrogen) atoms. The fourth-order valence-electron chi connectivity index (χ4n) is 3.31. The molecule has 7 heteroatoms. The van der Waals surface area contributed by atoms with Crippen molar-refractivity contribution in [2.24, 2.45) is 0 Å². The second-order valence-electron chi connectivity index (χ2n) is 6.82. The third-order valence-corrected chi connectivity index (χ3v) is 6.85. The lowest BCUT2D eigenvalue weighted by Crippen LogP contribution is -2.38. The monoisotopic (exact) mass is 383 g/mol. The highest BCUT2D eigenvalue weighted by atomic mass is 32.2. The van der Waals surface area contributed by atoms with Crippen molar-refractivity contribution < 1.29 is 12.9 Å². The fraction of sp³-hybridized carbons (Fsp3) is 0.300. The van der Waals surface area contributed by atoms with Crippen LogP contribution in [0.15, 0.2) is 64.0 Å². The quantitative estimate of drug-likeness (QED) is 0.688. The Labute approximate surface area is 158 Å². The molecule has 0 saturated carbocycles. The summed E-state index contributed by atoms with van der Waals surface area (Å²) in [6, 6.07) is 16.5. The average Bonchev–Trinajstić information content (AvgIpc) is 3.19. The Morgan fingerprint density at radius 2 is 1.67 bits per heavy atom. The Bertz CT molecular complexity index is 1010. The van der Waals surface area contributed by atoms with Crippen molar-refractivity contribution in [1.29, 1.82) is 0 Å². The van der Waals surface area contributed by atoms with E-state index < -0.39 is 10.0 Å². The van der Waals surface area contributed by atoms with Gasteiger partial charge in [0.15, 0.2) is 5.82 Å². The van der Waals surface area contributed by atoms with Gasteiger partial charge in [0.25, 0.3) is 5.89 Å². The molecule has 6 nitrogen and oxygen atoms in total. The van der Waals surface area contributed by atoms with Crippen molar-refractivity contribution in [2.45, 2.75) is 30.6 Å². The minimum Gasteiger partial charge on any atom is -0.334 e. The Balaban J connectivity index is 1.45. The number of hydrogen-bond acceptors (Lipinski definition) is 5. The van der Waals surface area contributed by atoms with Crippen LogP contribution in [0.3, 0.4) is 0 Å². The largest absolute Gasteiger partial charge is 0.334 e. The first-order chi connectivity index (χ1) is 13.0. The lowest BCUT2D eigenvalue weighted by Gasteiger charge is -2.29. The number of sulfonamides is 1. The molecule has 1 saturated heterocycles. The summed E-state index contributed by atoms with van der Waals surface area (Å²) in [7, 11) is -3.44. The lowest BCUT2D eigenvalue weighted by molar-refractivity contribution is 0.307. The molecular formula is C20H21N3O3S. The van der Waals surface area contributed by atoms with E-state index in [1.807, 2.05) is 37.3 Å². The summed E-state index contributed by atoms with van der Waals surface area (Å²) >= 11 is 0. The Morgan fingerprint density at radius 1 is 1.00 bits per heavy atom. The van der Waals surface area contributed by atoms with Crippen molar-refractivity contribution >= 4 is 10.0 Å². The van der Waals surface area contributed by atoms with Crippen LogP contribution in [0.1, 0.15) is 30.1 Å². The van der Waals surface area contributed by atoms with Gasteiger partial charge in [-0.25, -0.2) is 8.42 Å². The summed E-state index contributed by atoms with van der Waals surface area (Å²) in [6.07, 6.45) is 1.36. The predicted octanol–water partition coefficient (Wildman–Crippen LogP) is 3.61. The van der Waals surface area contributed by atoms with Gasteiger partial charge in [-0.1, -0.05) is 41.1 Å². The van der Waals surface area contributed by atoms with Gasteiger partial charge >= 0.3 is 0 Å². The molecular weight excluding hydrogens is 362 g/mol. The molecule has 2 heterocycles. The molecule has 0 amide bonds. The predicted molar refractivity (Wildman–Crippen MR) is 102 cm³/mol. The van der Waals surface area contributed by atoms with Crippen LogP contribution >= 0.6 is 0 Å². The minimum atomic E-state index is -3.44.